The number of ether oxygens (including phenoxy) is 5. The van der Waals surface area contributed by atoms with E-state index in [1.165, 1.54) is 0 Å². The molecule has 1 aliphatic heterocycles. The van der Waals surface area contributed by atoms with Gasteiger partial charge in [-0.15, -0.1) is 0 Å². The van der Waals surface area contributed by atoms with E-state index in [0.29, 0.717) is 41.4 Å². The Balaban J connectivity index is 1.44. The molecule has 0 bridgehead atoms. The average Bonchev–Trinajstić information content (AvgIpc) is 3.34. The highest BCUT2D eigenvalue weighted by molar-refractivity contribution is 5.88. The maximum Gasteiger partial charge on any atom is 0.186 e. The Morgan fingerprint density at radius 3 is 2.28 bits per heavy atom. The quantitative estimate of drug-likeness (QED) is 0.303. The molecule has 1 aliphatic rings. The molecule has 196 valence electrons. The van der Waals surface area contributed by atoms with Gasteiger partial charge in [0.2, 0.25) is 0 Å². The molecule has 2 heterocycles. The minimum Gasteiger partial charge on any atom is -0.493 e. The number of benzene rings is 2. The molecule has 1 fully saturated rings. The average molecular weight is 505 g/mol. The van der Waals surface area contributed by atoms with Crippen molar-refractivity contribution in [3.05, 3.63) is 42.0 Å². The lowest BCUT2D eigenvalue weighted by molar-refractivity contribution is -0.301. The number of rotatable bonds is 10. The van der Waals surface area contributed by atoms with Gasteiger partial charge < -0.3 is 48.5 Å². The number of hydrogen-bond donors (Lipinski definition) is 4. The van der Waals surface area contributed by atoms with Gasteiger partial charge in [0.25, 0.3) is 0 Å². The SMILES string of the molecule is COc1ccc(-c2cc3cc(CCCO[C@@H]4O[C@H](CO)[C@@H](O)[C@H](O)[C@H]4O)cc(OC)c3o2)cc1OC. The number of hydrogen-bond acceptors (Lipinski definition) is 10. The highest BCUT2D eigenvalue weighted by atomic mass is 16.7. The van der Waals surface area contributed by atoms with Crippen LogP contribution in [0.4, 0.5) is 0 Å². The van der Waals surface area contributed by atoms with Gasteiger partial charge in [-0.3, -0.25) is 0 Å². The van der Waals surface area contributed by atoms with Crippen LogP contribution in [0, 0.1) is 0 Å². The van der Waals surface area contributed by atoms with Crippen molar-refractivity contribution in [2.45, 2.75) is 43.5 Å². The van der Waals surface area contributed by atoms with Crippen molar-refractivity contribution in [2.24, 2.45) is 0 Å². The van der Waals surface area contributed by atoms with Crippen LogP contribution in [0.2, 0.25) is 0 Å². The number of methoxy groups -OCH3 is 3. The van der Waals surface area contributed by atoms with Gasteiger partial charge in [0.05, 0.1) is 34.5 Å². The Morgan fingerprint density at radius 2 is 1.58 bits per heavy atom. The van der Waals surface area contributed by atoms with Crippen LogP contribution in [-0.4, -0.2) is 85.7 Å². The van der Waals surface area contributed by atoms with Crippen molar-refractivity contribution in [3.63, 3.8) is 0 Å². The zero-order chi connectivity index (χ0) is 25.8. The first-order valence-electron chi connectivity index (χ1n) is 11.6. The summed E-state index contributed by atoms with van der Waals surface area (Å²) in [6.07, 6.45) is -5.21. The molecule has 4 N–H and O–H groups in total. The van der Waals surface area contributed by atoms with Crippen molar-refractivity contribution >= 4 is 11.0 Å². The molecule has 0 spiro atoms. The van der Waals surface area contributed by atoms with Gasteiger partial charge in [-0.1, -0.05) is 0 Å². The molecule has 1 aromatic heterocycles. The molecule has 0 unspecified atom stereocenters. The monoisotopic (exact) mass is 504 g/mol. The molecule has 0 saturated carbocycles. The number of aliphatic hydroxyl groups excluding tert-OH is 4. The van der Waals surface area contributed by atoms with Crippen molar-refractivity contribution in [1.82, 2.24) is 0 Å². The van der Waals surface area contributed by atoms with E-state index in [1.54, 1.807) is 21.3 Å². The molecule has 4 rings (SSSR count). The first-order chi connectivity index (χ1) is 17.4. The Morgan fingerprint density at radius 1 is 0.833 bits per heavy atom. The van der Waals surface area contributed by atoms with E-state index in [9.17, 15) is 20.4 Å². The van der Waals surface area contributed by atoms with Crippen LogP contribution in [0.25, 0.3) is 22.3 Å². The molecule has 2 aromatic carbocycles. The summed E-state index contributed by atoms with van der Waals surface area (Å²) in [5.74, 6) is 2.49. The second-order valence-corrected chi connectivity index (χ2v) is 8.57. The Labute approximate surface area is 208 Å². The summed E-state index contributed by atoms with van der Waals surface area (Å²) < 4.78 is 33.3. The van der Waals surface area contributed by atoms with Crippen LogP contribution >= 0.6 is 0 Å². The van der Waals surface area contributed by atoms with Crippen LogP contribution in [0.15, 0.2) is 40.8 Å². The number of aliphatic hydroxyl groups is 4. The van der Waals surface area contributed by atoms with Gasteiger partial charge in [0, 0.05) is 10.9 Å². The van der Waals surface area contributed by atoms with E-state index in [-0.39, 0.29) is 6.61 Å². The molecule has 5 atom stereocenters. The molecule has 1 saturated heterocycles. The lowest BCUT2D eigenvalue weighted by Crippen LogP contribution is -2.59. The van der Waals surface area contributed by atoms with Gasteiger partial charge in [-0.2, -0.15) is 0 Å². The summed E-state index contributed by atoms with van der Waals surface area (Å²) in [5, 5.41) is 40.0. The first kappa shape index (κ1) is 26.2. The van der Waals surface area contributed by atoms with Crippen LogP contribution in [0.3, 0.4) is 0 Å². The van der Waals surface area contributed by atoms with Gasteiger partial charge in [-0.05, 0) is 54.8 Å². The second kappa shape index (κ2) is 11.5. The van der Waals surface area contributed by atoms with Crippen molar-refractivity contribution in [2.75, 3.05) is 34.5 Å². The van der Waals surface area contributed by atoms with Crippen LogP contribution in [-0.2, 0) is 15.9 Å². The van der Waals surface area contributed by atoms with Gasteiger partial charge in [-0.25, -0.2) is 0 Å². The molecular formula is C26H32O10. The smallest absolute Gasteiger partial charge is 0.186 e. The number of fused-ring (bicyclic) bond motifs is 1. The molecule has 10 heteroatoms. The highest BCUT2D eigenvalue weighted by Crippen LogP contribution is 2.38. The predicted molar refractivity (Wildman–Crippen MR) is 129 cm³/mol. The largest absolute Gasteiger partial charge is 0.493 e. The van der Waals surface area contributed by atoms with Crippen molar-refractivity contribution in [1.29, 1.82) is 0 Å². The molecule has 0 radical (unpaired) electrons. The third-order valence-electron chi connectivity index (χ3n) is 6.27. The lowest BCUT2D eigenvalue weighted by atomic mass is 9.99. The van der Waals surface area contributed by atoms with Crippen molar-refractivity contribution in [3.8, 4) is 28.6 Å². The molecule has 0 aliphatic carbocycles. The minimum atomic E-state index is -1.46. The number of furan rings is 1. The molecule has 10 nitrogen and oxygen atoms in total. The summed E-state index contributed by atoms with van der Waals surface area (Å²) in [6, 6.07) is 11.4. The predicted octanol–water partition coefficient (Wildman–Crippen LogP) is 1.87. The summed E-state index contributed by atoms with van der Waals surface area (Å²) >= 11 is 0. The van der Waals surface area contributed by atoms with Gasteiger partial charge in [0.1, 0.15) is 30.2 Å². The summed E-state index contributed by atoms with van der Waals surface area (Å²) in [7, 11) is 4.75. The van der Waals surface area contributed by atoms with Crippen LogP contribution in [0.1, 0.15) is 12.0 Å². The van der Waals surface area contributed by atoms with E-state index >= 15 is 0 Å². The van der Waals surface area contributed by atoms with E-state index in [0.717, 1.165) is 16.5 Å². The summed E-state index contributed by atoms with van der Waals surface area (Å²) in [5.41, 5.74) is 2.46. The third kappa shape index (κ3) is 5.29. The van der Waals surface area contributed by atoms with E-state index in [4.69, 9.17) is 28.1 Å². The standard InChI is InChI=1S/C26H32O10/c1-31-17-7-6-15(11-19(17)32-2)18-12-16-9-14(10-20(33-3)25(16)35-18)5-4-8-34-26-24(30)23(29)22(28)21(13-27)36-26/h6-7,9-12,21-24,26-30H,4-5,8,13H2,1-3H3/t21-,22-,23+,24-,26-/m1/s1. The maximum absolute atomic E-state index is 10.1. The first-order valence-corrected chi connectivity index (χ1v) is 11.6. The fourth-order valence-electron chi connectivity index (χ4n) is 4.29. The topological polar surface area (TPSA) is 140 Å². The van der Waals surface area contributed by atoms with E-state index in [1.807, 2.05) is 36.4 Å². The molecular weight excluding hydrogens is 472 g/mol. The van der Waals surface area contributed by atoms with Gasteiger partial charge in [0.15, 0.2) is 29.1 Å². The zero-order valence-corrected chi connectivity index (χ0v) is 20.4. The van der Waals surface area contributed by atoms with E-state index in [2.05, 4.69) is 0 Å². The molecule has 3 aromatic rings. The highest BCUT2D eigenvalue weighted by Gasteiger charge is 2.43. The normalized spacial score (nSPS) is 24.1. The Bertz CT molecular complexity index is 1160. The number of aryl methyl sites for hydroxylation is 1. The van der Waals surface area contributed by atoms with Crippen LogP contribution < -0.4 is 14.2 Å². The maximum atomic E-state index is 10.1. The fraction of sp³-hybridized carbons (Fsp3) is 0.462. The van der Waals surface area contributed by atoms with Crippen LogP contribution in [0.5, 0.6) is 17.2 Å². The third-order valence-corrected chi connectivity index (χ3v) is 6.27. The Hall–Kier alpha value is -2.86. The summed E-state index contributed by atoms with van der Waals surface area (Å²) in [4.78, 5) is 0. The zero-order valence-electron chi connectivity index (χ0n) is 20.4. The van der Waals surface area contributed by atoms with E-state index < -0.39 is 37.3 Å². The molecule has 0 amide bonds. The van der Waals surface area contributed by atoms with Crippen molar-refractivity contribution < 1.29 is 48.5 Å². The second-order valence-electron chi connectivity index (χ2n) is 8.57. The Kier molecular flexibility index (Phi) is 8.35. The molecule has 36 heavy (non-hydrogen) atoms. The fourth-order valence-corrected chi connectivity index (χ4v) is 4.29. The minimum absolute atomic E-state index is 0.228. The summed E-state index contributed by atoms with van der Waals surface area (Å²) in [6.45, 7) is -0.272. The lowest BCUT2D eigenvalue weighted by Gasteiger charge is -2.39. The van der Waals surface area contributed by atoms with Gasteiger partial charge >= 0.3 is 0 Å².